The molecule has 0 heterocycles. The number of aryl methyl sites for hydroxylation is 2. The third-order valence-electron chi connectivity index (χ3n) is 4.86. The van der Waals surface area contributed by atoms with Crippen LogP contribution in [0.5, 0.6) is 0 Å². The monoisotopic (exact) mass is 337 g/mol. The van der Waals surface area contributed by atoms with Gasteiger partial charge in [0.15, 0.2) is 9.84 Å². The first-order chi connectivity index (χ1) is 10.8. The van der Waals surface area contributed by atoms with Gasteiger partial charge in [0.2, 0.25) is 5.91 Å². The molecule has 0 bridgehead atoms. The maximum absolute atomic E-state index is 12.5. The van der Waals surface area contributed by atoms with Gasteiger partial charge in [-0.25, -0.2) is 8.42 Å². The first kappa shape index (κ1) is 18.0. The van der Waals surface area contributed by atoms with Crippen LogP contribution in [-0.2, 0) is 21.1 Å². The number of rotatable bonds is 5. The first-order valence-electron chi connectivity index (χ1n) is 8.29. The van der Waals surface area contributed by atoms with Gasteiger partial charge in [-0.15, -0.1) is 0 Å². The molecule has 4 nitrogen and oxygen atoms in total. The van der Waals surface area contributed by atoms with E-state index in [1.807, 2.05) is 31.2 Å². The van der Waals surface area contributed by atoms with Crippen molar-refractivity contribution in [1.29, 1.82) is 0 Å². The van der Waals surface area contributed by atoms with E-state index in [-0.39, 0.29) is 11.9 Å². The van der Waals surface area contributed by atoms with Crippen molar-refractivity contribution in [2.75, 3.05) is 13.3 Å². The molecule has 0 unspecified atom stereocenters. The number of hydrogen-bond acceptors (Lipinski definition) is 3. The zero-order valence-electron chi connectivity index (χ0n) is 14.3. The lowest BCUT2D eigenvalue weighted by Crippen LogP contribution is -2.49. The van der Waals surface area contributed by atoms with Gasteiger partial charge in [0.25, 0.3) is 0 Å². The van der Waals surface area contributed by atoms with E-state index in [0.29, 0.717) is 19.3 Å². The highest BCUT2D eigenvalue weighted by molar-refractivity contribution is 7.91. The molecule has 1 saturated carbocycles. The molecular formula is C18H27NO3S. The Morgan fingerprint density at radius 1 is 1.17 bits per heavy atom. The summed E-state index contributed by atoms with van der Waals surface area (Å²) in [6.07, 6.45) is 5.78. The average Bonchev–Trinajstić information content (AvgIpc) is 2.52. The second-order valence-electron chi connectivity index (χ2n) is 6.71. The molecule has 0 aromatic heterocycles. The Morgan fingerprint density at radius 3 is 2.39 bits per heavy atom. The van der Waals surface area contributed by atoms with E-state index in [2.05, 4.69) is 0 Å². The molecule has 0 saturated heterocycles. The molecule has 0 radical (unpaired) electrons. The minimum atomic E-state index is -3.12. The van der Waals surface area contributed by atoms with Crippen LogP contribution in [0.3, 0.4) is 0 Å². The van der Waals surface area contributed by atoms with Gasteiger partial charge < -0.3 is 4.90 Å². The number of nitrogens with zero attached hydrogens (tertiary/aromatic N) is 1. The van der Waals surface area contributed by atoms with E-state index >= 15 is 0 Å². The van der Waals surface area contributed by atoms with Gasteiger partial charge in [-0.3, -0.25) is 4.79 Å². The lowest BCUT2D eigenvalue weighted by atomic mass is 9.93. The third kappa shape index (κ3) is 4.80. The lowest BCUT2D eigenvalue weighted by Gasteiger charge is -2.37. The van der Waals surface area contributed by atoms with E-state index in [0.717, 1.165) is 24.8 Å². The minimum absolute atomic E-state index is 0.0334. The van der Waals surface area contributed by atoms with E-state index in [1.165, 1.54) is 11.8 Å². The summed E-state index contributed by atoms with van der Waals surface area (Å²) in [5, 5.41) is -0.412. The molecule has 1 aromatic carbocycles. The number of benzene rings is 1. The van der Waals surface area contributed by atoms with Gasteiger partial charge in [-0.05, 0) is 31.7 Å². The van der Waals surface area contributed by atoms with E-state index in [1.54, 1.807) is 11.9 Å². The van der Waals surface area contributed by atoms with Crippen LogP contribution in [0.1, 0.15) is 43.2 Å². The van der Waals surface area contributed by atoms with Crippen LogP contribution in [0.25, 0.3) is 0 Å². The molecule has 1 fully saturated rings. The zero-order chi connectivity index (χ0) is 17.0. The van der Waals surface area contributed by atoms with Crippen LogP contribution < -0.4 is 0 Å². The Balaban J connectivity index is 1.98. The highest BCUT2D eigenvalue weighted by Gasteiger charge is 2.36. The molecule has 2 atom stereocenters. The van der Waals surface area contributed by atoms with Crippen molar-refractivity contribution in [3.63, 3.8) is 0 Å². The predicted octanol–water partition coefficient (Wildman–Crippen LogP) is 2.74. The standard InChI is InChI=1S/C18H27NO3S/c1-14-8-10-15(11-9-14)12-13-18(20)19(2)16-6-4-5-7-17(16)23(3,21)22/h8-11,16-17H,4-7,12-13H2,1-3H3/t16-,17-/m0/s1. The fourth-order valence-corrected chi connectivity index (χ4v) is 4.87. The normalized spacial score (nSPS) is 21.9. The summed E-state index contributed by atoms with van der Waals surface area (Å²) in [4.78, 5) is 14.2. The molecule has 0 spiro atoms. The Morgan fingerprint density at radius 2 is 1.78 bits per heavy atom. The smallest absolute Gasteiger partial charge is 0.222 e. The summed E-state index contributed by atoms with van der Waals surface area (Å²) in [6, 6.07) is 8.00. The molecule has 0 N–H and O–H groups in total. The van der Waals surface area contributed by atoms with Gasteiger partial charge in [-0.1, -0.05) is 42.7 Å². The fraction of sp³-hybridized carbons (Fsp3) is 0.611. The molecule has 5 heteroatoms. The third-order valence-corrected chi connectivity index (χ3v) is 6.51. The SMILES string of the molecule is Cc1ccc(CCC(=O)N(C)[C@H]2CCCC[C@@H]2S(C)(=O)=O)cc1. The van der Waals surface area contributed by atoms with Crippen LogP contribution in [-0.4, -0.2) is 43.8 Å². The van der Waals surface area contributed by atoms with E-state index in [4.69, 9.17) is 0 Å². The molecule has 1 aliphatic rings. The van der Waals surface area contributed by atoms with Crippen molar-refractivity contribution in [1.82, 2.24) is 4.90 Å². The summed E-state index contributed by atoms with van der Waals surface area (Å²) in [6.45, 7) is 2.04. The molecular weight excluding hydrogens is 310 g/mol. The second kappa shape index (κ2) is 7.47. The van der Waals surface area contributed by atoms with Crippen LogP contribution >= 0.6 is 0 Å². The number of carbonyl (C=O) groups is 1. The molecule has 1 aliphatic carbocycles. The minimum Gasteiger partial charge on any atom is -0.341 e. The van der Waals surface area contributed by atoms with Gasteiger partial charge in [0.05, 0.1) is 5.25 Å². The predicted molar refractivity (Wildman–Crippen MR) is 93.2 cm³/mol. The van der Waals surface area contributed by atoms with Crippen molar-refractivity contribution in [3.05, 3.63) is 35.4 Å². The molecule has 128 valence electrons. The largest absolute Gasteiger partial charge is 0.341 e. The van der Waals surface area contributed by atoms with Crippen LogP contribution in [0, 0.1) is 6.92 Å². The number of carbonyl (C=O) groups excluding carboxylic acids is 1. The van der Waals surface area contributed by atoms with Crippen molar-refractivity contribution in [2.45, 2.75) is 56.7 Å². The number of hydrogen-bond donors (Lipinski definition) is 0. The summed E-state index contributed by atoms with van der Waals surface area (Å²) < 4.78 is 24.0. The molecule has 23 heavy (non-hydrogen) atoms. The average molecular weight is 337 g/mol. The second-order valence-corrected chi connectivity index (χ2v) is 8.97. The van der Waals surface area contributed by atoms with Gasteiger partial charge in [-0.2, -0.15) is 0 Å². The number of amides is 1. The zero-order valence-corrected chi connectivity index (χ0v) is 15.1. The van der Waals surface area contributed by atoms with Crippen molar-refractivity contribution >= 4 is 15.7 Å². The Labute approximate surface area is 139 Å². The Kier molecular flexibility index (Phi) is 5.84. The van der Waals surface area contributed by atoms with E-state index < -0.39 is 15.1 Å². The molecule has 0 aliphatic heterocycles. The summed E-state index contributed by atoms with van der Waals surface area (Å²) in [7, 11) is -1.36. The van der Waals surface area contributed by atoms with Crippen LogP contribution in [0.15, 0.2) is 24.3 Å². The highest BCUT2D eigenvalue weighted by atomic mass is 32.2. The topological polar surface area (TPSA) is 54.5 Å². The molecule has 1 amide bonds. The van der Waals surface area contributed by atoms with E-state index in [9.17, 15) is 13.2 Å². The lowest BCUT2D eigenvalue weighted by molar-refractivity contribution is -0.132. The van der Waals surface area contributed by atoms with Gasteiger partial charge >= 0.3 is 0 Å². The maximum atomic E-state index is 12.5. The quantitative estimate of drug-likeness (QED) is 0.830. The fourth-order valence-electron chi connectivity index (χ4n) is 3.39. The Bertz CT molecular complexity index is 637. The summed E-state index contributed by atoms with van der Waals surface area (Å²) in [5.41, 5.74) is 2.34. The van der Waals surface area contributed by atoms with Crippen molar-refractivity contribution in [3.8, 4) is 0 Å². The van der Waals surface area contributed by atoms with Gasteiger partial charge in [0, 0.05) is 25.8 Å². The Hall–Kier alpha value is -1.36. The van der Waals surface area contributed by atoms with Crippen LogP contribution in [0.4, 0.5) is 0 Å². The van der Waals surface area contributed by atoms with Gasteiger partial charge in [0.1, 0.15) is 0 Å². The van der Waals surface area contributed by atoms with Crippen molar-refractivity contribution in [2.24, 2.45) is 0 Å². The maximum Gasteiger partial charge on any atom is 0.222 e. The van der Waals surface area contributed by atoms with Crippen LogP contribution in [0.2, 0.25) is 0 Å². The first-order valence-corrected chi connectivity index (χ1v) is 10.2. The summed E-state index contributed by atoms with van der Waals surface area (Å²) >= 11 is 0. The molecule has 2 rings (SSSR count). The summed E-state index contributed by atoms with van der Waals surface area (Å²) in [5.74, 6) is 0.0334. The van der Waals surface area contributed by atoms with Crippen molar-refractivity contribution < 1.29 is 13.2 Å². The molecule has 1 aromatic rings. The highest BCUT2D eigenvalue weighted by Crippen LogP contribution is 2.27. The number of sulfone groups is 1.